The first kappa shape index (κ1) is 24.5. The van der Waals surface area contributed by atoms with Crippen molar-refractivity contribution >= 4 is 12.2 Å². The predicted molar refractivity (Wildman–Crippen MR) is 125 cm³/mol. The second kappa shape index (κ2) is 10.8. The Morgan fingerprint density at radius 1 is 1.03 bits per heavy atom. The Labute approximate surface area is 197 Å². The third-order valence-electron chi connectivity index (χ3n) is 7.74. The van der Waals surface area contributed by atoms with E-state index < -0.39 is 0 Å². The van der Waals surface area contributed by atoms with Crippen LogP contribution in [0, 0.1) is 11.8 Å². The third-order valence-corrected chi connectivity index (χ3v) is 7.74. The first-order chi connectivity index (χ1) is 15.9. The molecule has 3 N–H and O–H groups in total. The van der Waals surface area contributed by atoms with Gasteiger partial charge < -0.3 is 25.0 Å². The van der Waals surface area contributed by atoms with Crippen LogP contribution in [0.15, 0.2) is 0 Å². The normalized spacial score (nSPS) is 35.4. The molecule has 1 aliphatic carbocycles. The van der Waals surface area contributed by atoms with Crippen molar-refractivity contribution in [2.24, 2.45) is 11.8 Å². The molecule has 3 aliphatic heterocycles. The van der Waals surface area contributed by atoms with E-state index >= 15 is 0 Å². The molecule has 10 heteroatoms. The number of rotatable bonds is 4. The van der Waals surface area contributed by atoms with E-state index in [1.807, 2.05) is 30.6 Å². The van der Waals surface area contributed by atoms with Gasteiger partial charge in [-0.05, 0) is 51.9 Å². The van der Waals surface area contributed by atoms with E-state index in [1.54, 1.807) is 0 Å². The van der Waals surface area contributed by atoms with Gasteiger partial charge in [0.25, 0.3) is 0 Å². The van der Waals surface area contributed by atoms with Gasteiger partial charge in [0.2, 0.25) is 0 Å². The Morgan fingerprint density at radius 3 is 2.55 bits per heavy atom. The molecule has 10 nitrogen and oxygen atoms in total. The summed E-state index contributed by atoms with van der Waals surface area (Å²) in [5, 5.41) is 9.40. The van der Waals surface area contributed by atoms with Gasteiger partial charge in [-0.3, -0.25) is 10.3 Å². The highest BCUT2D eigenvalue weighted by molar-refractivity contribution is 5.72. The second-order valence-electron chi connectivity index (χ2n) is 10.4. The molecule has 4 aliphatic rings. The highest BCUT2D eigenvalue weighted by atomic mass is 16.6. The number of hydrogen-bond donors (Lipinski definition) is 3. The van der Waals surface area contributed by atoms with Gasteiger partial charge in [0, 0.05) is 51.9 Å². The molecule has 3 saturated heterocycles. The largest absolute Gasteiger partial charge is 0.453 e. The van der Waals surface area contributed by atoms with Crippen molar-refractivity contribution in [2.75, 3.05) is 52.9 Å². The van der Waals surface area contributed by atoms with Crippen LogP contribution in [0.2, 0.25) is 0 Å². The molecule has 1 saturated carbocycles. The number of carbonyl (C=O) groups excluding carboxylic acids is 2. The Bertz CT molecular complexity index is 688. The minimum Gasteiger partial charge on any atom is -0.453 e. The molecule has 4 fully saturated rings. The van der Waals surface area contributed by atoms with E-state index in [-0.39, 0.29) is 36.4 Å². The van der Waals surface area contributed by atoms with Gasteiger partial charge in [-0.2, -0.15) is 0 Å². The van der Waals surface area contributed by atoms with Gasteiger partial charge in [-0.15, -0.1) is 0 Å². The number of nitrogens with one attached hydrogen (secondary N) is 3. The summed E-state index contributed by atoms with van der Waals surface area (Å²) in [6, 6.07) is 0.300. The summed E-state index contributed by atoms with van der Waals surface area (Å²) in [6.45, 7) is 12.3. The first-order valence-electron chi connectivity index (χ1n) is 12.6. The summed E-state index contributed by atoms with van der Waals surface area (Å²) in [5.74, 6) is 1.04. The zero-order valence-electron chi connectivity index (χ0n) is 20.6. The highest BCUT2D eigenvalue weighted by Crippen LogP contribution is 2.40. The van der Waals surface area contributed by atoms with Crippen LogP contribution in [0.5, 0.6) is 0 Å². The van der Waals surface area contributed by atoms with Crippen molar-refractivity contribution < 1.29 is 19.1 Å². The molecule has 188 valence electrons. The first-order valence-corrected chi connectivity index (χ1v) is 12.6. The van der Waals surface area contributed by atoms with Crippen LogP contribution in [0.4, 0.5) is 9.59 Å². The molecule has 2 amide bonds. The molecule has 6 atom stereocenters. The number of amides is 2. The number of methoxy groups -OCH3 is 1. The van der Waals surface area contributed by atoms with Crippen molar-refractivity contribution in [3.05, 3.63) is 0 Å². The van der Waals surface area contributed by atoms with E-state index in [1.165, 1.54) is 7.11 Å². The van der Waals surface area contributed by atoms with E-state index in [9.17, 15) is 9.59 Å². The monoisotopic (exact) mass is 466 g/mol. The molecular formula is C23H42N6O4. The SMILES string of the molecule is COC(=O)N1C2CCC(C3CNN(CC4CNCCN4)C3)CC2N(C(=O)OC(C)C)C[C@@H]1C. The summed E-state index contributed by atoms with van der Waals surface area (Å²) >= 11 is 0. The number of ether oxygens (including phenoxy) is 2. The Balaban J connectivity index is 1.43. The molecule has 0 aromatic carbocycles. The van der Waals surface area contributed by atoms with Crippen molar-refractivity contribution in [2.45, 2.75) is 70.3 Å². The lowest BCUT2D eigenvalue weighted by molar-refractivity contribution is -0.0444. The fourth-order valence-corrected chi connectivity index (χ4v) is 6.21. The van der Waals surface area contributed by atoms with Crippen molar-refractivity contribution in [3.63, 3.8) is 0 Å². The van der Waals surface area contributed by atoms with Crippen LogP contribution in [0.25, 0.3) is 0 Å². The van der Waals surface area contributed by atoms with Gasteiger partial charge in [0.1, 0.15) is 0 Å². The number of hydrogen-bond acceptors (Lipinski definition) is 8. The Morgan fingerprint density at radius 2 is 1.85 bits per heavy atom. The molecule has 0 aromatic heterocycles. The molecule has 0 bridgehead atoms. The maximum atomic E-state index is 13.0. The number of nitrogens with zero attached hydrogens (tertiary/aromatic N) is 3. The highest BCUT2D eigenvalue weighted by Gasteiger charge is 2.49. The van der Waals surface area contributed by atoms with Crippen LogP contribution < -0.4 is 16.1 Å². The second-order valence-corrected chi connectivity index (χ2v) is 10.4. The van der Waals surface area contributed by atoms with Crippen LogP contribution in [-0.4, -0.2) is 110 Å². The topological polar surface area (TPSA) is 98.4 Å². The van der Waals surface area contributed by atoms with E-state index in [4.69, 9.17) is 9.47 Å². The predicted octanol–water partition coefficient (Wildman–Crippen LogP) is 0.839. The maximum absolute atomic E-state index is 13.0. The number of hydrazine groups is 1. The van der Waals surface area contributed by atoms with E-state index in [0.29, 0.717) is 24.4 Å². The van der Waals surface area contributed by atoms with Crippen LogP contribution in [0.3, 0.4) is 0 Å². The lowest BCUT2D eigenvalue weighted by Gasteiger charge is -2.53. The van der Waals surface area contributed by atoms with Crippen LogP contribution in [0.1, 0.15) is 40.0 Å². The van der Waals surface area contributed by atoms with Gasteiger partial charge in [-0.25, -0.2) is 14.6 Å². The fraction of sp³-hybridized carbons (Fsp3) is 0.913. The molecule has 0 aromatic rings. The molecular weight excluding hydrogens is 424 g/mol. The van der Waals surface area contributed by atoms with Gasteiger partial charge in [0.15, 0.2) is 0 Å². The average Bonchev–Trinajstić information content (AvgIpc) is 3.26. The Hall–Kier alpha value is -1.62. The van der Waals surface area contributed by atoms with Gasteiger partial charge >= 0.3 is 12.2 Å². The summed E-state index contributed by atoms with van der Waals surface area (Å²) in [7, 11) is 1.44. The maximum Gasteiger partial charge on any atom is 0.410 e. The van der Waals surface area contributed by atoms with Crippen LogP contribution >= 0.6 is 0 Å². The van der Waals surface area contributed by atoms with Crippen molar-refractivity contribution in [1.82, 2.24) is 30.9 Å². The average molecular weight is 467 g/mol. The van der Waals surface area contributed by atoms with Gasteiger partial charge in [0.05, 0.1) is 31.3 Å². The minimum absolute atomic E-state index is 0.0276. The lowest BCUT2D eigenvalue weighted by atomic mass is 9.73. The molecule has 33 heavy (non-hydrogen) atoms. The molecule has 3 heterocycles. The minimum atomic E-state index is -0.296. The Kier molecular flexibility index (Phi) is 7.99. The molecule has 4 rings (SSSR count). The third kappa shape index (κ3) is 5.55. The molecule has 0 spiro atoms. The summed E-state index contributed by atoms with van der Waals surface area (Å²) in [6.07, 6.45) is 2.10. The van der Waals surface area contributed by atoms with Crippen molar-refractivity contribution in [1.29, 1.82) is 0 Å². The smallest absolute Gasteiger partial charge is 0.410 e. The van der Waals surface area contributed by atoms with Crippen LogP contribution in [-0.2, 0) is 9.47 Å². The zero-order valence-corrected chi connectivity index (χ0v) is 20.6. The summed E-state index contributed by atoms with van der Waals surface area (Å²) in [5.41, 5.74) is 3.60. The van der Waals surface area contributed by atoms with E-state index in [0.717, 1.165) is 58.5 Å². The van der Waals surface area contributed by atoms with E-state index in [2.05, 4.69) is 21.1 Å². The fourth-order valence-electron chi connectivity index (χ4n) is 6.21. The number of piperazine rings is 2. The number of fused-ring (bicyclic) bond motifs is 1. The molecule has 0 radical (unpaired) electrons. The zero-order chi connectivity index (χ0) is 23.5. The van der Waals surface area contributed by atoms with Gasteiger partial charge in [-0.1, -0.05) is 0 Å². The summed E-state index contributed by atoms with van der Waals surface area (Å²) < 4.78 is 10.7. The molecule has 5 unspecified atom stereocenters. The quantitative estimate of drug-likeness (QED) is 0.561. The number of carbonyl (C=O) groups is 2. The summed E-state index contributed by atoms with van der Waals surface area (Å²) in [4.78, 5) is 29.3. The standard InChI is InChI=1S/C23H42N6O4/c1-15(2)33-22(30)28-12-16(3)29(23(31)32-4)20-6-5-17(9-21(20)28)18-10-26-27(13-18)14-19-11-24-7-8-25-19/h15-21,24-26H,5-14H2,1-4H3/t16-,17?,18?,19?,20?,21?/m0/s1. The lowest BCUT2D eigenvalue weighted by Crippen LogP contribution is -2.67. The van der Waals surface area contributed by atoms with Crippen molar-refractivity contribution in [3.8, 4) is 0 Å².